The SMILES string of the molecule is CCCCCCN(CCC(=O)[O-])c1ccc(N=Nc2ccc([N+](=O)[O-])cc2Cl)c(C)c1.[Na+]. The largest absolute Gasteiger partial charge is 1.00 e. The summed E-state index contributed by atoms with van der Waals surface area (Å²) in [5, 5.41) is 30.2. The van der Waals surface area contributed by atoms with Gasteiger partial charge in [-0.05, 0) is 43.2 Å². The van der Waals surface area contributed by atoms with Gasteiger partial charge in [-0.2, -0.15) is 5.11 Å². The maximum atomic E-state index is 10.9. The van der Waals surface area contributed by atoms with Crippen LogP contribution in [-0.4, -0.2) is 24.0 Å². The van der Waals surface area contributed by atoms with E-state index in [0.29, 0.717) is 17.9 Å². The van der Waals surface area contributed by atoms with Crippen LogP contribution in [0.15, 0.2) is 46.6 Å². The molecule has 0 atom stereocenters. The fourth-order valence-electron chi connectivity index (χ4n) is 3.07. The van der Waals surface area contributed by atoms with Crippen molar-refractivity contribution in [3.05, 3.63) is 57.1 Å². The quantitative estimate of drug-likeness (QED) is 0.156. The van der Waals surface area contributed by atoms with Crippen LogP contribution in [0.2, 0.25) is 5.02 Å². The summed E-state index contributed by atoms with van der Waals surface area (Å²) in [6.07, 6.45) is 4.33. The van der Waals surface area contributed by atoms with E-state index in [-0.39, 0.29) is 46.7 Å². The number of halogens is 1. The minimum atomic E-state index is -1.07. The Morgan fingerprint density at radius 2 is 1.75 bits per heavy atom. The number of hydrogen-bond donors (Lipinski definition) is 0. The van der Waals surface area contributed by atoms with E-state index in [1.165, 1.54) is 18.2 Å². The van der Waals surface area contributed by atoms with E-state index < -0.39 is 10.9 Å². The molecule has 0 saturated carbocycles. The van der Waals surface area contributed by atoms with E-state index in [0.717, 1.165) is 43.5 Å². The molecule has 0 amide bonds. The maximum Gasteiger partial charge on any atom is 1.00 e. The number of unbranched alkanes of at least 4 members (excludes halogenated alkanes) is 3. The number of nitro groups is 1. The van der Waals surface area contributed by atoms with Crippen LogP contribution >= 0.6 is 11.6 Å². The summed E-state index contributed by atoms with van der Waals surface area (Å²) >= 11 is 6.06. The van der Waals surface area contributed by atoms with Gasteiger partial charge in [0.2, 0.25) is 0 Å². The second-order valence-corrected chi connectivity index (χ2v) is 7.64. The summed E-state index contributed by atoms with van der Waals surface area (Å²) in [5.41, 5.74) is 2.64. The molecule has 2 aromatic carbocycles. The molecule has 166 valence electrons. The van der Waals surface area contributed by atoms with Gasteiger partial charge in [0.15, 0.2) is 0 Å². The van der Waals surface area contributed by atoms with E-state index in [2.05, 4.69) is 17.2 Å². The predicted molar refractivity (Wildman–Crippen MR) is 119 cm³/mol. The fraction of sp³-hybridized carbons (Fsp3) is 0.409. The Hall–Kier alpha value is -2.00. The van der Waals surface area contributed by atoms with Crippen LogP contribution in [0.3, 0.4) is 0 Å². The number of aryl methyl sites for hydroxylation is 1. The molecule has 0 N–H and O–H groups in total. The molecule has 0 aromatic heterocycles. The Labute approximate surface area is 215 Å². The minimum Gasteiger partial charge on any atom is -0.550 e. The number of non-ortho nitro benzene ring substituents is 1. The molecule has 0 aliphatic heterocycles. The fourth-order valence-corrected chi connectivity index (χ4v) is 3.29. The molecule has 32 heavy (non-hydrogen) atoms. The van der Waals surface area contributed by atoms with Gasteiger partial charge in [-0.1, -0.05) is 37.8 Å². The predicted octanol–water partition coefficient (Wildman–Crippen LogP) is 2.50. The molecule has 0 unspecified atom stereocenters. The Balaban J connectivity index is 0.00000512. The molecule has 2 rings (SSSR count). The number of nitrogens with zero attached hydrogens (tertiary/aromatic N) is 4. The normalized spacial score (nSPS) is 10.7. The van der Waals surface area contributed by atoms with Crippen LogP contribution in [0.4, 0.5) is 22.7 Å². The molecule has 2 aromatic rings. The van der Waals surface area contributed by atoms with Crippen molar-refractivity contribution in [2.24, 2.45) is 10.2 Å². The first-order valence-electron chi connectivity index (χ1n) is 10.2. The van der Waals surface area contributed by atoms with E-state index in [1.54, 1.807) is 0 Å². The number of aliphatic carboxylic acids is 1. The van der Waals surface area contributed by atoms with Crippen LogP contribution in [-0.2, 0) is 4.79 Å². The molecular formula is C22H26ClN4NaO4. The van der Waals surface area contributed by atoms with Gasteiger partial charge >= 0.3 is 29.6 Å². The average molecular weight is 469 g/mol. The van der Waals surface area contributed by atoms with Gasteiger partial charge in [0.25, 0.3) is 5.69 Å². The van der Waals surface area contributed by atoms with Crippen molar-refractivity contribution < 1.29 is 44.4 Å². The number of anilines is 1. The van der Waals surface area contributed by atoms with Gasteiger partial charge in [-0.25, -0.2) is 0 Å². The van der Waals surface area contributed by atoms with Crippen molar-refractivity contribution in [3.8, 4) is 0 Å². The number of nitro benzene ring substituents is 1. The summed E-state index contributed by atoms with van der Waals surface area (Å²) in [6, 6.07) is 9.65. The van der Waals surface area contributed by atoms with Crippen molar-refractivity contribution in [2.75, 3.05) is 18.0 Å². The first kappa shape index (κ1) is 28.0. The third-order valence-corrected chi connectivity index (χ3v) is 5.12. The second kappa shape index (κ2) is 14.2. The van der Waals surface area contributed by atoms with E-state index in [4.69, 9.17) is 11.6 Å². The standard InChI is InChI=1S/C22H27ClN4O4.Na/c1-3-4-5-6-12-26(13-11-22(28)29)17-7-9-20(16(2)14-17)24-25-21-10-8-18(27(30)31)15-19(21)23;/h7-10,14-15H,3-6,11-13H2,1-2H3,(H,28,29);/q;+1/p-1. The smallest absolute Gasteiger partial charge is 0.550 e. The summed E-state index contributed by atoms with van der Waals surface area (Å²) in [4.78, 5) is 23.3. The number of carbonyl (C=O) groups excluding carboxylic acids is 1. The van der Waals surface area contributed by atoms with Crippen molar-refractivity contribution >= 4 is 40.3 Å². The van der Waals surface area contributed by atoms with Crippen LogP contribution < -0.4 is 39.6 Å². The Kier molecular flexibility index (Phi) is 12.4. The van der Waals surface area contributed by atoms with Gasteiger partial charge in [0.05, 0.1) is 15.6 Å². The van der Waals surface area contributed by atoms with Crippen molar-refractivity contribution in [1.82, 2.24) is 0 Å². The molecule has 0 fully saturated rings. The Bertz CT molecular complexity index is 956. The van der Waals surface area contributed by atoms with Crippen LogP contribution in [0, 0.1) is 17.0 Å². The molecular weight excluding hydrogens is 443 g/mol. The first-order chi connectivity index (χ1) is 14.8. The number of carboxylic acids is 1. The zero-order valence-corrected chi connectivity index (χ0v) is 21.5. The number of carboxylic acid groups (broad SMARTS) is 1. The molecule has 0 aliphatic carbocycles. The number of hydrogen-bond acceptors (Lipinski definition) is 7. The third kappa shape index (κ3) is 8.86. The van der Waals surface area contributed by atoms with Gasteiger partial charge in [0, 0.05) is 43.3 Å². The van der Waals surface area contributed by atoms with Crippen LogP contribution in [0.1, 0.15) is 44.6 Å². The first-order valence-corrected chi connectivity index (χ1v) is 10.6. The Morgan fingerprint density at radius 1 is 1.06 bits per heavy atom. The van der Waals surface area contributed by atoms with Crippen LogP contribution in [0.25, 0.3) is 0 Å². The van der Waals surface area contributed by atoms with Gasteiger partial charge in [0.1, 0.15) is 5.69 Å². The average Bonchev–Trinajstić information content (AvgIpc) is 2.72. The van der Waals surface area contributed by atoms with E-state index in [1.807, 2.05) is 30.0 Å². The van der Waals surface area contributed by atoms with Crippen LogP contribution in [0.5, 0.6) is 0 Å². The third-order valence-electron chi connectivity index (χ3n) is 4.82. The zero-order valence-electron chi connectivity index (χ0n) is 18.7. The Morgan fingerprint density at radius 3 is 2.34 bits per heavy atom. The molecule has 0 radical (unpaired) electrons. The molecule has 0 heterocycles. The number of azo groups is 1. The van der Waals surface area contributed by atoms with Crippen molar-refractivity contribution in [2.45, 2.75) is 46.0 Å². The van der Waals surface area contributed by atoms with E-state index >= 15 is 0 Å². The maximum absolute atomic E-state index is 10.9. The molecule has 0 aliphatic rings. The topological polar surface area (TPSA) is 111 Å². The van der Waals surface area contributed by atoms with Gasteiger partial charge in [-0.3, -0.25) is 10.1 Å². The number of rotatable bonds is 12. The molecule has 10 heteroatoms. The van der Waals surface area contributed by atoms with Crippen molar-refractivity contribution in [3.63, 3.8) is 0 Å². The molecule has 8 nitrogen and oxygen atoms in total. The van der Waals surface area contributed by atoms with Crippen molar-refractivity contribution in [1.29, 1.82) is 0 Å². The zero-order chi connectivity index (χ0) is 22.8. The van der Waals surface area contributed by atoms with Gasteiger partial charge < -0.3 is 14.8 Å². The summed E-state index contributed by atoms with van der Waals surface area (Å²) in [6.45, 7) is 5.19. The molecule has 0 bridgehead atoms. The van der Waals surface area contributed by atoms with E-state index in [9.17, 15) is 20.0 Å². The summed E-state index contributed by atoms with van der Waals surface area (Å²) < 4.78 is 0. The summed E-state index contributed by atoms with van der Waals surface area (Å²) in [7, 11) is 0. The van der Waals surface area contributed by atoms with Gasteiger partial charge in [-0.15, -0.1) is 5.11 Å². The molecule has 0 saturated heterocycles. The number of carbonyl (C=O) groups is 1. The summed E-state index contributed by atoms with van der Waals surface area (Å²) in [5.74, 6) is -1.07. The number of benzene rings is 2. The molecule has 0 spiro atoms. The second-order valence-electron chi connectivity index (χ2n) is 7.23. The minimum absolute atomic E-state index is 0. The monoisotopic (exact) mass is 468 g/mol.